The van der Waals surface area contributed by atoms with Gasteiger partial charge >= 0.3 is 11.9 Å². The second kappa shape index (κ2) is 6.12. The fourth-order valence-electron chi connectivity index (χ4n) is 2.81. The van der Waals surface area contributed by atoms with E-state index in [9.17, 15) is 9.59 Å². The molecule has 4 nitrogen and oxygen atoms in total. The van der Waals surface area contributed by atoms with Crippen molar-refractivity contribution in [2.45, 2.75) is 18.4 Å². The molecular formula is C18H17NO3. The van der Waals surface area contributed by atoms with E-state index in [0.29, 0.717) is 12.0 Å². The molecule has 0 bridgehead atoms. The van der Waals surface area contributed by atoms with Crippen molar-refractivity contribution in [1.29, 1.82) is 0 Å². The van der Waals surface area contributed by atoms with E-state index in [-0.39, 0.29) is 0 Å². The number of ether oxygens (including phenoxy) is 1. The second-order valence-corrected chi connectivity index (χ2v) is 5.34. The summed E-state index contributed by atoms with van der Waals surface area (Å²) < 4.78 is 5.14. The lowest BCUT2D eigenvalue weighted by atomic mass is 9.88. The molecule has 1 N–H and O–H groups in total. The number of carbonyl (C=O) groups is 2. The smallest absolute Gasteiger partial charge is 0.345 e. The topological polar surface area (TPSA) is 55.4 Å². The largest absolute Gasteiger partial charge is 0.388 e. The van der Waals surface area contributed by atoms with Crippen LogP contribution in [0.1, 0.15) is 28.8 Å². The van der Waals surface area contributed by atoms with E-state index in [1.165, 1.54) is 0 Å². The van der Waals surface area contributed by atoms with E-state index in [2.05, 4.69) is 5.32 Å². The molecule has 112 valence electrons. The van der Waals surface area contributed by atoms with Gasteiger partial charge in [0, 0.05) is 0 Å². The van der Waals surface area contributed by atoms with Crippen LogP contribution in [0.2, 0.25) is 0 Å². The first kappa shape index (κ1) is 14.5. The van der Waals surface area contributed by atoms with Crippen LogP contribution < -0.4 is 5.32 Å². The number of rotatable bonds is 3. The number of hydrogen-bond acceptors (Lipinski definition) is 4. The maximum Gasteiger partial charge on any atom is 0.345 e. The minimum absolute atomic E-state index is 0.372. The predicted molar refractivity (Wildman–Crippen MR) is 82.2 cm³/mol. The Bertz CT molecular complexity index is 661. The second-order valence-electron chi connectivity index (χ2n) is 5.34. The molecule has 1 heterocycles. The molecule has 2 aromatic carbocycles. The van der Waals surface area contributed by atoms with Crippen LogP contribution in [0.15, 0.2) is 60.7 Å². The summed E-state index contributed by atoms with van der Waals surface area (Å²) in [6, 6.07) is 18.0. The van der Waals surface area contributed by atoms with Crippen molar-refractivity contribution in [3.05, 3.63) is 71.8 Å². The highest BCUT2D eigenvalue weighted by atomic mass is 16.6. The quantitative estimate of drug-likeness (QED) is 0.698. The lowest BCUT2D eigenvalue weighted by Gasteiger charge is -2.27. The number of benzene rings is 2. The van der Waals surface area contributed by atoms with E-state index in [0.717, 1.165) is 18.5 Å². The first-order chi connectivity index (χ1) is 10.7. The molecule has 0 saturated carbocycles. The minimum Gasteiger partial charge on any atom is -0.388 e. The molecule has 22 heavy (non-hydrogen) atoms. The van der Waals surface area contributed by atoms with E-state index < -0.39 is 17.5 Å². The highest BCUT2D eigenvalue weighted by molar-refractivity contribution is 5.99. The van der Waals surface area contributed by atoms with Crippen molar-refractivity contribution in [2.24, 2.45) is 0 Å². The summed E-state index contributed by atoms with van der Waals surface area (Å²) in [6.07, 6.45) is 1.49. The van der Waals surface area contributed by atoms with Gasteiger partial charge < -0.3 is 4.74 Å². The van der Waals surface area contributed by atoms with Crippen LogP contribution in [0.3, 0.4) is 0 Å². The lowest BCUT2D eigenvalue weighted by Crippen LogP contribution is -2.46. The fourth-order valence-corrected chi connectivity index (χ4v) is 2.81. The van der Waals surface area contributed by atoms with Crippen LogP contribution in [-0.2, 0) is 15.1 Å². The van der Waals surface area contributed by atoms with Gasteiger partial charge in [0.05, 0.1) is 5.56 Å². The van der Waals surface area contributed by atoms with Crippen LogP contribution in [0.5, 0.6) is 0 Å². The molecule has 3 rings (SSSR count). The molecule has 1 unspecified atom stereocenters. The molecule has 1 atom stereocenters. The van der Waals surface area contributed by atoms with E-state index in [4.69, 9.17) is 4.74 Å². The molecule has 0 radical (unpaired) electrons. The first-order valence-corrected chi connectivity index (χ1v) is 7.34. The van der Waals surface area contributed by atoms with E-state index in [1.807, 2.05) is 36.4 Å². The summed E-state index contributed by atoms with van der Waals surface area (Å²) in [5.74, 6) is -1.15. The SMILES string of the molecule is O=C(OC(=O)C1(c2ccccc2)CCCN1)c1ccccc1. The Balaban J connectivity index is 1.84. The number of nitrogens with one attached hydrogen (secondary N) is 1. The Hall–Kier alpha value is -2.46. The van der Waals surface area contributed by atoms with Crippen LogP contribution in [0, 0.1) is 0 Å². The summed E-state index contributed by atoms with van der Waals surface area (Å²) in [4.78, 5) is 24.8. The summed E-state index contributed by atoms with van der Waals surface area (Å²) in [7, 11) is 0. The normalized spacial score (nSPS) is 20.5. The zero-order chi connectivity index (χ0) is 15.4. The van der Waals surface area contributed by atoms with E-state index in [1.54, 1.807) is 24.3 Å². The Morgan fingerprint density at radius 1 is 0.955 bits per heavy atom. The van der Waals surface area contributed by atoms with Crippen molar-refractivity contribution in [3.8, 4) is 0 Å². The average molecular weight is 295 g/mol. The van der Waals surface area contributed by atoms with Crippen molar-refractivity contribution < 1.29 is 14.3 Å². The maximum absolute atomic E-state index is 12.6. The summed E-state index contributed by atoms with van der Waals surface area (Å²) in [6.45, 7) is 0.726. The molecule has 4 heteroatoms. The fraction of sp³-hybridized carbons (Fsp3) is 0.222. The predicted octanol–water partition coefficient (Wildman–Crippen LogP) is 2.65. The van der Waals surface area contributed by atoms with Gasteiger partial charge in [0.2, 0.25) is 0 Å². The van der Waals surface area contributed by atoms with Crippen LogP contribution in [0.4, 0.5) is 0 Å². The average Bonchev–Trinajstić information content (AvgIpc) is 3.07. The Kier molecular flexibility index (Phi) is 4.02. The van der Waals surface area contributed by atoms with Gasteiger partial charge in [0.25, 0.3) is 0 Å². The monoisotopic (exact) mass is 295 g/mol. The molecule has 1 fully saturated rings. The summed E-state index contributed by atoms with van der Waals surface area (Å²) >= 11 is 0. The Morgan fingerprint density at radius 2 is 1.59 bits per heavy atom. The van der Waals surface area contributed by atoms with Crippen molar-refractivity contribution in [2.75, 3.05) is 6.54 Å². The first-order valence-electron chi connectivity index (χ1n) is 7.34. The molecule has 0 aliphatic carbocycles. The summed E-state index contributed by atoms with van der Waals surface area (Å²) in [5, 5.41) is 3.22. The van der Waals surface area contributed by atoms with Gasteiger partial charge in [-0.3, -0.25) is 5.32 Å². The van der Waals surface area contributed by atoms with Gasteiger partial charge in [0.15, 0.2) is 0 Å². The highest BCUT2D eigenvalue weighted by Gasteiger charge is 2.45. The highest BCUT2D eigenvalue weighted by Crippen LogP contribution is 2.32. The molecular weight excluding hydrogens is 278 g/mol. The Morgan fingerprint density at radius 3 is 2.18 bits per heavy atom. The van der Waals surface area contributed by atoms with Crippen LogP contribution in [0.25, 0.3) is 0 Å². The number of esters is 2. The third-order valence-electron chi connectivity index (χ3n) is 3.97. The minimum atomic E-state index is -0.925. The lowest BCUT2D eigenvalue weighted by molar-refractivity contribution is -0.145. The summed E-state index contributed by atoms with van der Waals surface area (Å²) in [5.41, 5.74) is 0.279. The maximum atomic E-state index is 12.6. The third kappa shape index (κ3) is 2.65. The van der Waals surface area contributed by atoms with E-state index >= 15 is 0 Å². The molecule has 1 aliphatic rings. The van der Waals surface area contributed by atoms with Gasteiger partial charge in [-0.2, -0.15) is 0 Å². The van der Waals surface area contributed by atoms with Crippen molar-refractivity contribution in [3.63, 3.8) is 0 Å². The van der Waals surface area contributed by atoms with Crippen molar-refractivity contribution in [1.82, 2.24) is 5.32 Å². The van der Waals surface area contributed by atoms with Gasteiger partial charge in [-0.15, -0.1) is 0 Å². The van der Waals surface area contributed by atoms with Gasteiger partial charge in [-0.05, 0) is 37.1 Å². The zero-order valence-electron chi connectivity index (χ0n) is 12.1. The molecule has 1 aliphatic heterocycles. The van der Waals surface area contributed by atoms with Crippen LogP contribution >= 0.6 is 0 Å². The van der Waals surface area contributed by atoms with Gasteiger partial charge in [-0.1, -0.05) is 48.5 Å². The third-order valence-corrected chi connectivity index (χ3v) is 3.97. The van der Waals surface area contributed by atoms with Crippen molar-refractivity contribution >= 4 is 11.9 Å². The van der Waals surface area contributed by atoms with Crippen LogP contribution in [-0.4, -0.2) is 18.5 Å². The number of carbonyl (C=O) groups excluding carboxylic acids is 2. The molecule has 0 aromatic heterocycles. The number of hydrogen-bond donors (Lipinski definition) is 1. The van der Waals surface area contributed by atoms with Gasteiger partial charge in [0.1, 0.15) is 5.54 Å². The molecule has 0 spiro atoms. The molecule has 0 amide bonds. The zero-order valence-corrected chi connectivity index (χ0v) is 12.1. The molecule has 2 aromatic rings. The van der Waals surface area contributed by atoms with Gasteiger partial charge in [-0.25, -0.2) is 9.59 Å². The standard InChI is InChI=1S/C18H17NO3/c20-16(14-8-3-1-4-9-14)22-17(21)18(12-7-13-19-18)15-10-5-2-6-11-15/h1-6,8-11,19H,7,12-13H2. The Labute approximate surface area is 129 Å². The molecule has 1 saturated heterocycles.